The molecule has 0 rings (SSSR count). The molecule has 0 N–H and O–H groups in total. The largest absolute Gasteiger partial charge is 0.381 e. The molecule has 0 aliphatic heterocycles. The molecule has 0 saturated heterocycles. The SMILES string of the molecule is C/C=C/[C@@H](C)[C@H](OC)[C@H](C)C[C@@H](C)C(OC)[C@H](C)C[C@@H](C)[C@H](OC)C(C)C. The number of methoxy groups -OCH3 is 3. The van der Waals surface area contributed by atoms with Crippen molar-refractivity contribution in [1.82, 2.24) is 0 Å². The van der Waals surface area contributed by atoms with E-state index in [0.717, 1.165) is 12.8 Å². The molecule has 3 nitrogen and oxygen atoms in total. The zero-order valence-electron chi connectivity index (χ0n) is 20.0. The van der Waals surface area contributed by atoms with Crippen LogP contribution in [0.25, 0.3) is 0 Å². The molecule has 27 heavy (non-hydrogen) atoms. The van der Waals surface area contributed by atoms with Crippen LogP contribution in [0.1, 0.15) is 68.2 Å². The Hall–Kier alpha value is -0.380. The maximum absolute atomic E-state index is 5.98. The van der Waals surface area contributed by atoms with Gasteiger partial charge in [-0.1, -0.05) is 60.6 Å². The van der Waals surface area contributed by atoms with Crippen molar-refractivity contribution in [2.45, 2.75) is 86.5 Å². The molecule has 0 spiro atoms. The summed E-state index contributed by atoms with van der Waals surface area (Å²) in [6.45, 7) is 18.1. The molecule has 1 unspecified atom stereocenters. The fourth-order valence-corrected chi connectivity index (χ4v) is 5.27. The van der Waals surface area contributed by atoms with E-state index in [-0.39, 0.29) is 12.2 Å². The second-order valence-corrected chi connectivity index (χ2v) is 9.11. The van der Waals surface area contributed by atoms with E-state index in [1.165, 1.54) is 0 Å². The first-order valence-corrected chi connectivity index (χ1v) is 10.9. The van der Waals surface area contributed by atoms with E-state index in [2.05, 4.69) is 67.5 Å². The predicted molar refractivity (Wildman–Crippen MR) is 117 cm³/mol. The fraction of sp³-hybridized carbons (Fsp3) is 0.917. The molecule has 0 saturated carbocycles. The molecule has 3 heteroatoms. The van der Waals surface area contributed by atoms with Crippen LogP contribution >= 0.6 is 0 Å². The van der Waals surface area contributed by atoms with E-state index in [0.29, 0.717) is 41.6 Å². The highest BCUT2D eigenvalue weighted by atomic mass is 16.5. The topological polar surface area (TPSA) is 27.7 Å². The van der Waals surface area contributed by atoms with E-state index in [1.54, 1.807) is 0 Å². The molecule has 162 valence electrons. The molecule has 8 atom stereocenters. The third kappa shape index (κ3) is 8.66. The average molecular weight is 385 g/mol. The molecule has 0 amide bonds. The van der Waals surface area contributed by atoms with Crippen LogP contribution in [0, 0.1) is 35.5 Å². The van der Waals surface area contributed by atoms with E-state index < -0.39 is 0 Å². The number of hydrogen-bond acceptors (Lipinski definition) is 3. The first-order chi connectivity index (χ1) is 12.6. The monoisotopic (exact) mass is 384 g/mol. The van der Waals surface area contributed by atoms with Crippen molar-refractivity contribution < 1.29 is 14.2 Å². The average Bonchev–Trinajstić information content (AvgIpc) is 2.56. The summed E-state index contributed by atoms with van der Waals surface area (Å²) < 4.78 is 17.5. The lowest BCUT2D eigenvalue weighted by Crippen LogP contribution is -2.36. The second kappa shape index (κ2) is 13.7. The van der Waals surface area contributed by atoms with Gasteiger partial charge in [0.15, 0.2) is 0 Å². The lowest BCUT2D eigenvalue weighted by atomic mass is 9.78. The van der Waals surface area contributed by atoms with Crippen LogP contribution in [0.15, 0.2) is 12.2 Å². The summed E-state index contributed by atoms with van der Waals surface area (Å²) in [4.78, 5) is 0. The molecule has 0 radical (unpaired) electrons. The Morgan fingerprint density at radius 1 is 0.593 bits per heavy atom. The van der Waals surface area contributed by atoms with Crippen LogP contribution in [0.3, 0.4) is 0 Å². The van der Waals surface area contributed by atoms with Gasteiger partial charge >= 0.3 is 0 Å². The van der Waals surface area contributed by atoms with Gasteiger partial charge in [-0.25, -0.2) is 0 Å². The maximum atomic E-state index is 5.98. The summed E-state index contributed by atoms with van der Waals surface area (Å²) in [5, 5.41) is 0. The molecule has 0 bridgehead atoms. The van der Waals surface area contributed by atoms with Gasteiger partial charge in [0.2, 0.25) is 0 Å². The zero-order valence-corrected chi connectivity index (χ0v) is 20.0. The van der Waals surface area contributed by atoms with E-state index >= 15 is 0 Å². The summed E-state index contributed by atoms with van der Waals surface area (Å²) in [5.41, 5.74) is 0. The van der Waals surface area contributed by atoms with Crippen molar-refractivity contribution in [3.8, 4) is 0 Å². The Morgan fingerprint density at radius 2 is 0.963 bits per heavy atom. The number of allylic oxidation sites excluding steroid dienone is 1. The standard InChI is InChI=1S/C24H48O3/c1-12-13-17(4)23(26-10)19(6)15-21(8)24(27-11)20(7)14-18(5)22(25-9)16(2)3/h12-13,16-24H,14-15H2,1-11H3/b13-12+/t17-,18-,19-,20-,21-,22-,23+,24?/m1/s1. The molecule has 0 aromatic carbocycles. The third-order valence-electron chi connectivity index (χ3n) is 6.22. The molecule has 0 aromatic rings. The van der Waals surface area contributed by atoms with Crippen molar-refractivity contribution in [2.75, 3.05) is 21.3 Å². The number of hydrogen-bond donors (Lipinski definition) is 0. The summed E-state index contributed by atoms with van der Waals surface area (Å²) in [5.74, 6) is 2.95. The lowest BCUT2D eigenvalue weighted by Gasteiger charge is -2.35. The Kier molecular flexibility index (Phi) is 13.5. The first-order valence-electron chi connectivity index (χ1n) is 10.9. The van der Waals surface area contributed by atoms with Gasteiger partial charge in [0.05, 0.1) is 18.3 Å². The zero-order chi connectivity index (χ0) is 21.1. The number of ether oxygens (including phenoxy) is 3. The van der Waals surface area contributed by atoms with Gasteiger partial charge in [-0.3, -0.25) is 0 Å². The lowest BCUT2D eigenvalue weighted by molar-refractivity contribution is -0.0323. The maximum Gasteiger partial charge on any atom is 0.0656 e. The molecular weight excluding hydrogens is 336 g/mol. The van der Waals surface area contributed by atoms with Gasteiger partial charge in [-0.2, -0.15) is 0 Å². The van der Waals surface area contributed by atoms with Gasteiger partial charge in [-0.05, 0) is 49.4 Å². The van der Waals surface area contributed by atoms with Gasteiger partial charge in [-0.15, -0.1) is 0 Å². The fourth-order valence-electron chi connectivity index (χ4n) is 5.27. The quantitative estimate of drug-likeness (QED) is 0.333. The molecule has 0 aromatic heterocycles. The van der Waals surface area contributed by atoms with Crippen LogP contribution in [0.5, 0.6) is 0 Å². The van der Waals surface area contributed by atoms with Crippen LogP contribution in [0.2, 0.25) is 0 Å². The summed E-state index contributed by atoms with van der Waals surface area (Å²) in [6.07, 6.45) is 7.40. The second-order valence-electron chi connectivity index (χ2n) is 9.11. The van der Waals surface area contributed by atoms with E-state index in [9.17, 15) is 0 Å². The van der Waals surface area contributed by atoms with Gasteiger partial charge in [0.25, 0.3) is 0 Å². The van der Waals surface area contributed by atoms with Gasteiger partial charge < -0.3 is 14.2 Å². The molecule has 0 fully saturated rings. The van der Waals surface area contributed by atoms with Crippen LogP contribution < -0.4 is 0 Å². The van der Waals surface area contributed by atoms with Crippen molar-refractivity contribution in [3.05, 3.63) is 12.2 Å². The Labute approximate surface area is 170 Å². The van der Waals surface area contributed by atoms with Crippen molar-refractivity contribution >= 4 is 0 Å². The highest BCUT2D eigenvalue weighted by molar-refractivity contribution is 4.90. The summed E-state index contributed by atoms with van der Waals surface area (Å²) in [7, 11) is 5.53. The molecular formula is C24H48O3. The third-order valence-corrected chi connectivity index (χ3v) is 6.22. The van der Waals surface area contributed by atoms with Gasteiger partial charge in [0, 0.05) is 27.2 Å². The van der Waals surface area contributed by atoms with Crippen molar-refractivity contribution in [1.29, 1.82) is 0 Å². The Bertz CT molecular complexity index is 393. The normalized spacial score (nSPS) is 21.6. The minimum atomic E-state index is 0.245. The highest BCUT2D eigenvalue weighted by Crippen LogP contribution is 2.32. The van der Waals surface area contributed by atoms with E-state index in [1.807, 2.05) is 21.3 Å². The molecule has 0 heterocycles. The Balaban J connectivity index is 4.94. The predicted octanol–water partition coefficient (Wildman–Crippen LogP) is 6.22. The smallest absolute Gasteiger partial charge is 0.0656 e. The van der Waals surface area contributed by atoms with Crippen molar-refractivity contribution in [3.63, 3.8) is 0 Å². The number of rotatable bonds is 14. The van der Waals surface area contributed by atoms with Gasteiger partial charge in [0.1, 0.15) is 0 Å². The summed E-state index contributed by atoms with van der Waals surface area (Å²) in [6, 6.07) is 0. The van der Waals surface area contributed by atoms with Crippen LogP contribution in [-0.2, 0) is 14.2 Å². The highest BCUT2D eigenvalue weighted by Gasteiger charge is 2.31. The van der Waals surface area contributed by atoms with Crippen molar-refractivity contribution in [2.24, 2.45) is 35.5 Å². The molecule has 0 aliphatic rings. The van der Waals surface area contributed by atoms with Crippen LogP contribution in [-0.4, -0.2) is 39.6 Å². The Morgan fingerprint density at radius 3 is 1.30 bits per heavy atom. The minimum absolute atomic E-state index is 0.245. The van der Waals surface area contributed by atoms with E-state index in [4.69, 9.17) is 14.2 Å². The minimum Gasteiger partial charge on any atom is -0.381 e. The van der Waals surface area contributed by atoms with Crippen LogP contribution in [0.4, 0.5) is 0 Å². The molecule has 0 aliphatic carbocycles. The first kappa shape index (κ1) is 26.6. The summed E-state index contributed by atoms with van der Waals surface area (Å²) >= 11 is 0.